The van der Waals surface area contributed by atoms with Crippen molar-refractivity contribution in [3.05, 3.63) is 57.3 Å². The highest BCUT2D eigenvalue weighted by Crippen LogP contribution is 2.33. The second-order valence-electron chi connectivity index (χ2n) is 6.24. The van der Waals surface area contributed by atoms with E-state index in [9.17, 15) is 4.79 Å². The molecule has 1 aromatic carbocycles. The van der Waals surface area contributed by atoms with Gasteiger partial charge in [0.25, 0.3) is 0 Å². The van der Waals surface area contributed by atoms with E-state index in [-0.39, 0.29) is 11.9 Å². The van der Waals surface area contributed by atoms with Gasteiger partial charge in [0, 0.05) is 11.9 Å². The SMILES string of the molecule is CN1C(=N)N[C@](C)(c2cc(Cc3ccc(C#N)cc3)cs2)CC1=O. The minimum Gasteiger partial charge on any atom is -0.345 e. The Morgan fingerprint density at radius 2 is 2.08 bits per heavy atom. The van der Waals surface area contributed by atoms with Gasteiger partial charge >= 0.3 is 0 Å². The fourth-order valence-electron chi connectivity index (χ4n) is 2.77. The van der Waals surface area contributed by atoms with Crippen LogP contribution in [0.2, 0.25) is 0 Å². The zero-order valence-electron chi connectivity index (χ0n) is 13.6. The lowest BCUT2D eigenvalue weighted by molar-refractivity contribution is -0.129. The zero-order chi connectivity index (χ0) is 17.3. The van der Waals surface area contributed by atoms with Gasteiger partial charge in [0.05, 0.1) is 23.6 Å². The maximum atomic E-state index is 12.1. The lowest BCUT2D eigenvalue weighted by Gasteiger charge is -2.38. The van der Waals surface area contributed by atoms with Crippen LogP contribution in [0.25, 0.3) is 0 Å². The number of thiophene rings is 1. The predicted molar refractivity (Wildman–Crippen MR) is 93.9 cm³/mol. The zero-order valence-corrected chi connectivity index (χ0v) is 14.4. The Hall–Kier alpha value is -2.65. The lowest BCUT2D eigenvalue weighted by Crippen LogP contribution is -2.57. The van der Waals surface area contributed by atoms with Gasteiger partial charge in [-0.15, -0.1) is 11.3 Å². The van der Waals surface area contributed by atoms with Crippen LogP contribution in [0.4, 0.5) is 0 Å². The minimum atomic E-state index is -0.533. The molecule has 6 heteroatoms. The molecule has 2 aromatic rings. The second kappa shape index (κ2) is 6.10. The molecule has 2 N–H and O–H groups in total. The maximum absolute atomic E-state index is 12.1. The first-order chi connectivity index (χ1) is 11.4. The van der Waals surface area contributed by atoms with Gasteiger partial charge in [-0.1, -0.05) is 12.1 Å². The van der Waals surface area contributed by atoms with Crippen LogP contribution in [-0.2, 0) is 16.8 Å². The Labute approximate surface area is 145 Å². The first kappa shape index (κ1) is 16.2. The average Bonchev–Trinajstić information content (AvgIpc) is 3.03. The van der Waals surface area contributed by atoms with E-state index in [1.54, 1.807) is 18.4 Å². The van der Waals surface area contributed by atoms with Crippen molar-refractivity contribution in [2.45, 2.75) is 25.3 Å². The van der Waals surface area contributed by atoms with Crippen LogP contribution in [0.15, 0.2) is 35.7 Å². The van der Waals surface area contributed by atoms with E-state index in [1.807, 2.05) is 31.2 Å². The summed E-state index contributed by atoms with van der Waals surface area (Å²) >= 11 is 1.60. The molecule has 0 aliphatic carbocycles. The molecular weight excluding hydrogens is 320 g/mol. The van der Waals surface area contributed by atoms with Crippen molar-refractivity contribution < 1.29 is 4.79 Å². The number of rotatable bonds is 3. The summed E-state index contributed by atoms with van der Waals surface area (Å²) in [5, 5.41) is 22.0. The number of guanidine groups is 1. The molecule has 0 spiro atoms. The van der Waals surface area contributed by atoms with Crippen molar-refractivity contribution in [2.24, 2.45) is 0 Å². The molecule has 0 bridgehead atoms. The molecule has 24 heavy (non-hydrogen) atoms. The second-order valence-corrected chi connectivity index (χ2v) is 7.15. The Bertz CT molecular complexity index is 813. The third-order valence-electron chi connectivity index (χ3n) is 4.30. The predicted octanol–water partition coefficient (Wildman–Crippen LogP) is 2.81. The van der Waals surface area contributed by atoms with Crippen LogP contribution in [0.3, 0.4) is 0 Å². The number of hydrogen-bond acceptors (Lipinski definition) is 4. The number of benzene rings is 1. The van der Waals surface area contributed by atoms with E-state index in [0.717, 1.165) is 16.9 Å². The Balaban J connectivity index is 1.78. The molecule has 0 unspecified atom stereocenters. The molecule has 122 valence electrons. The van der Waals surface area contributed by atoms with Crippen molar-refractivity contribution >= 4 is 23.2 Å². The van der Waals surface area contributed by atoms with Crippen molar-refractivity contribution in [3.63, 3.8) is 0 Å². The van der Waals surface area contributed by atoms with Gasteiger partial charge in [0.1, 0.15) is 0 Å². The summed E-state index contributed by atoms with van der Waals surface area (Å²) in [6, 6.07) is 11.8. The van der Waals surface area contributed by atoms with Crippen molar-refractivity contribution in [1.29, 1.82) is 10.7 Å². The Morgan fingerprint density at radius 3 is 2.71 bits per heavy atom. The fourth-order valence-corrected chi connectivity index (χ4v) is 3.81. The molecule has 1 aliphatic rings. The van der Waals surface area contributed by atoms with Gasteiger partial charge in [0.2, 0.25) is 5.91 Å². The van der Waals surface area contributed by atoms with E-state index in [4.69, 9.17) is 10.7 Å². The standard InChI is InChI=1S/C18H18N4OS/c1-18(9-16(23)22(2)17(20)21-18)15-8-14(11-24-15)7-12-3-5-13(10-19)6-4-12/h3-6,8,11H,7,9H2,1-2H3,(H2,20,21)/t18-/m0/s1. The molecule has 0 radical (unpaired) electrons. The summed E-state index contributed by atoms with van der Waals surface area (Å²) in [5.41, 5.74) is 2.43. The normalized spacial score (nSPS) is 20.6. The van der Waals surface area contributed by atoms with E-state index >= 15 is 0 Å². The third-order valence-corrected chi connectivity index (χ3v) is 5.54. The molecule has 2 heterocycles. The molecule has 1 aromatic heterocycles. The molecule has 1 fully saturated rings. The Kier molecular flexibility index (Phi) is 4.12. The van der Waals surface area contributed by atoms with Crippen LogP contribution in [0.5, 0.6) is 0 Å². The fraction of sp³-hybridized carbons (Fsp3) is 0.278. The van der Waals surface area contributed by atoms with Gasteiger partial charge in [-0.3, -0.25) is 15.1 Å². The average molecular weight is 338 g/mol. The quantitative estimate of drug-likeness (QED) is 0.903. The van der Waals surface area contributed by atoms with Gasteiger partial charge in [-0.25, -0.2) is 0 Å². The van der Waals surface area contributed by atoms with Gasteiger partial charge in [0.15, 0.2) is 5.96 Å². The van der Waals surface area contributed by atoms with Crippen molar-refractivity contribution in [3.8, 4) is 6.07 Å². The summed E-state index contributed by atoms with van der Waals surface area (Å²) in [4.78, 5) is 14.5. The maximum Gasteiger partial charge on any atom is 0.231 e. The summed E-state index contributed by atoms with van der Waals surface area (Å²) in [6.07, 6.45) is 1.12. The van der Waals surface area contributed by atoms with Crippen LogP contribution in [-0.4, -0.2) is 23.8 Å². The van der Waals surface area contributed by atoms with Crippen molar-refractivity contribution in [2.75, 3.05) is 7.05 Å². The van der Waals surface area contributed by atoms with Crippen molar-refractivity contribution in [1.82, 2.24) is 10.2 Å². The lowest BCUT2D eigenvalue weighted by atomic mass is 9.92. The molecule has 3 rings (SSSR count). The molecular formula is C18H18N4OS. The smallest absolute Gasteiger partial charge is 0.231 e. The number of hydrogen-bond donors (Lipinski definition) is 2. The minimum absolute atomic E-state index is 0.0525. The molecule has 0 saturated carbocycles. The highest BCUT2D eigenvalue weighted by Gasteiger charge is 2.38. The third kappa shape index (κ3) is 3.03. The monoisotopic (exact) mass is 338 g/mol. The number of carbonyl (C=O) groups excluding carboxylic acids is 1. The number of nitrogens with zero attached hydrogens (tertiary/aromatic N) is 2. The number of nitrogens with one attached hydrogen (secondary N) is 2. The van der Waals surface area contributed by atoms with Crippen LogP contribution < -0.4 is 5.32 Å². The van der Waals surface area contributed by atoms with Gasteiger partial charge in [-0.05, 0) is 48.1 Å². The van der Waals surface area contributed by atoms with E-state index in [0.29, 0.717) is 12.0 Å². The molecule has 1 saturated heterocycles. The summed E-state index contributed by atoms with van der Waals surface area (Å²) < 4.78 is 0. The molecule has 5 nitrogen and oxygen atoms in total. The highest BCUT2D eigenvalue weighted by molar-refractivity contribution is 7.10. The van der Waals surface area contributed by atoms with Gasteiger partial charge < -0.3 is 5.32 Å². The first-order valence-corrected chi connectivity index (χ1v) is 8.49. The van der Waals surface area contributed by atoms with Gasteiger partial charge in [-0.2, -0.15) is 5.26 Å². The number of nitriles is 1. The van der Waals surface area contributed by atoms with Crippen LogP contribution >= 0.6 is 11.3 Å². The van der Waals surface area contributed by atoms with Crippen LogP contribution in [0.1, 0.15) is 34.9 Å². The molecule has 1 aliphatic heterocycles. The summed E-state index contributed by atoms with van der Waals surface area (Å²) in [7, 11) is 1.61. The molecule has 1 atom stereocenters. The van der Waals surface area contributed by atoms with Crippen LogP contribution in [0, 0.1) is 16.7 Å². The summed E-state index contributed by atoms with van der Waals surface area (Å²) in [6.45, 7) is 1.96. The largest absolute Gasteiger partial charge is 0.345 e. The first-order valence-electron chi connectivity index (χ1n) is 7.61. The van der Waals surface area contributed by atoms with E-state index in [2.05, 4.69) is 22.8 Å². The summed E-state index contributed by atoms with van der Waals surface area (Å²) in [5.74, 6) is 0.0825. The topological polar surface area (TPSA) is 80.0 Å². The van der Waals surface area contributed by atoms with E-state index in [1.165, 1.54) is 10.5 Å². The number of carbonyl (C=O) groups is 1. The Morgan fingerprint density at radius 1 is 1.38 bits per heavy atom. The van der Waals surface area contributed by atoms with E-state index < -0.39 is 5.54 Å². The number of amides is 1. The highest BCUT2D eigenvalue weighted by atomic mass is 32.1. The molecule has 1 amide bonds.